The van der Waals surface area contributed by atoms with Crippen LogP contribution in [0.4, 0.5) is 0 Å². The predicted octanol–water partition coefficient (Wildman–Crippen LogP) is 2.40. The third kappa shape index (κ3) is 5.05. The summed E-state index contributed by atoms with van der Waals surface area (Å²) in [6, 6.07) is 7.81. The van der Waals surface area contributed by atoms with E-state index in [9.17, 15) is 4.79 Å². The average Bonchev–Trinajstić information content (AvgIpc) is 2.67. The van der Waals surface area contributed by atoms with Crippen LogP contribution in [0.5, 0.6) is 0 Å². The molecule has 0 saturated carbocycles. The van der Waals surface area contributed by atoms with E-state index >= 15 is 0 Å². The Morgan fingerprint density at radius 1 is 1.37 bits per heavy atom. The highest BCUT2D eigenvalue weighted by Crippen LogP contribution is 2.17. The maximum atomic E-state index is 12.1. The van der Waals surface area contributed by atoms with Gasteiger partial charge < -0.3 is 10.2 Å². The highest BCUT2D eigenvalue weighted by atomic mass is 35.5. The van der Waals surface area contributed by atoms with Crippen molar-refractivity contribution in [2.45, 2.75) is 12.2 Å². The maximum Gasteiger partial charge on any atom is 0.232 e. The quantitative estimate of drug-likeness (QED) is 0.926. The molecule has 1 aromatic carbocycles. The van der Waals surface area contributed by atoms with Gasteiger partial charge in [0.2, 0.25) is 5.91 Å². The topological polar surface area (TPSA) is 32.3 Å². The second-order valence-corrected chi connectivity index (χ2v) is 6.03. The van der Waals surface area contributed by atoms with Crippen LogP contribution in [0, 0.1) is 0 Å². The molecule has 104 valence electrons. The van der Waals surface area contributed by atoms with Crippen LogP contribution in [-0.2, 0) is 10.5 Å². The lowest BCUT2D eigenvalue weighted by Crippen LogP contribution is -2.35. The monoisotopic (exact) mass is 298 g/mol. The summed E-state index contributed by atoms with van der Waals surface area (Å²) in [5, 5.41) is 4.06. The first-order valence-corrected chi connectivity index (χ1v) is 8.09. The van der Waals surface area contributed by atoms with Gasteiger partial charge in [0.1, 0.15) is 0 Å². The van der Waals surface area contributed by atoms with Crippen LogP contribution in [-0.4, -0.2) is 42.7 Å². The van der Waals surface area contributed by atoms with Gasteiger partial charge in [-0.25, -0.2) is 0 Å². The lowest BCUT2D eigenvalue weighted by Gasteiger charge is -2.19. The number of carbonyl (C=O) groups excluding carboxylic acids is 1. The number of hydrogen-bond donors (Lipinski definition) is 1. The summed E-state index contributed by atoms with van der Waals surface area (Å²) in [6.45, 7) is 3.63. The lowest BCUT2D eigenvalue weighted by molar-refractivity contribution is -0.128. The van der Waals surface area contributed by atoms with Gasteiger partial charge >= 0.3 is 0 Å². The Hall–Kier alpha value is -0.710. The highest BCUT2D eigenvalue weighted by molar-refractivity contribution is 7.99. The van der Waals surface area contributed by atoms with Crippen molar-refractivity contribution in [1.29, 1.82) is 0 Å². The Bertz CT molecular complexity index is 420. The van der Waals surface area contributed by atoms with Crippen molar-refractivity contribution >= 4 is 29.3 Å². The van der Waals surface area contributed by atoms with Crippen LogP contribution >= 0.6 is 23.4 Å². The van der Waals surface area contributed by atoms with Gasteiger partial charge in [-0.15, -0.1) is 11.8 Å². The molecule has 2 rings (SSSR count). The molecule has 0 radical (unpaired) electrons. The SMILES string of the molecule is O=C(CSCc1cccc(Cl)c1)N1CCCNCC1. The molecular formula is C14H19ClN2OS. The Morgan fingerprint density at radius 3 is 3.11 bits per heavy atom. The first-order valence-electron chi connectivity index (χ1n) is 6.56. The molecule has 1 saturated heterocycles. The van der Waals surface area contributed by atoms with Crippen molar-refractivity contribution < 1.29 is 4.79 Å². The van der Waals surface area contributed by atoms with Crippen molar-refractivity contribution in [3.05, 3.63) is 34.9 Å². The number of nitrogens with one attached hydrogen (secondary N) is 1. The van der Waals surface area contributed by atoms with Gasteiger partial charge in [-0.3, -0.25) is 4.79 Å². The van der Waals surface area contributed by atoms with Crippen molar-refractivity contribution in [2.75, 3.05) is 31.9 Å². The van der Waals surface area contributed by atoms with Crippen LogP contribution in [0.25, 0.3) is 0 Å². The van der Waals surface area contributed by atoms with Gasteiger partial charge in [-0.1, -0.05) is 23.7 Å². The first-order chi connectivity index (χ1) is 9.25. The van der Waals surface area contributed by atoms with Gasteiger partial charge in [0.25, 0.3) is 0 Å². The Morgan fingerprint density at radius 2 is 2.26 bits per heavy atom. The summed E-state index contributed by atoms with van der Waals surface area (Å²) in [5.74, 6) is 1.63. The van der Waals surface area contributed by atoms with Gasteiger partial charge in [-0.2, -0.15) is 0 Å². The molecule has 5 heteroatoms. The van der Waals surface area contributed by atoms with Crippen molar-refractivity contribution in [3.63, 3.8) is 0 Å². The first kappa shape index (κ1) is 14.7. The molecule has 1 aliphatic rings. The largest absolute Gasteiger partial charge is 0.341 e. The number of benzene rings is 1. The van der Waals surface area contributed by atoms with E-state index < -0.39 is 0 Å². The minimum Gasteiger partial charge on any atom is -0.341 e. The number of hydrogen-bond acceptors (Lipinski definition) is 3. The van der Waals surface area contributed by atoms with E-state index in [0.717, 1.165) is 43.4 Å². The van der Waals surface area contributed by atoms with Crippen LogP contribution in [0.2, 0.25) is 5.02 Å². The van der Waals surface area contributed by atoms with Gasteiger partial charge in [0.05, 0.1) is 5.75 Å². The molecule has 0 spiro atoms. The molecule has 0 atom stereocenters. The van der Waals surface area contributed by atoms with Gasteiger partial charge in [0, 0.05) is 30.4 Å². The highest BCUT2D eigenvalue weighted by Gasteiger charge is 2.14. The summed E-state index contributed by atoms with van der Waals surface area (Å²) < 4.78 is 0. The van der Waals surface area contributed by atoms with Crippen LogP contribution < -0.4 is 5.32 Å². The van der Waals surface area contributed by atoms with E-state index in [1.807, 2.05) is 29.2 Å². The zero-order valence-electron chi connectivity index (χ0n) is 10.9. The van der Waals surface area contributed by atoms with E-state index in [2.05, 4.69) is 5.32 Å². The van der Waals surface area contributed by atoms with Crippen molar-refractivity contribution in [2.24, 2.45) is 0 Å². The van der Waals surface area contributed by atoms with E-state index in [0.29, 0.717) is 5.75 Å². The maximum absolute atomic E-state index is 12.1. The van der Waals surface area contributed by atoms with Crippen molar-refractivity contribution in [1.82, 2.24) is 10.2 Å². The van der Waals surface area contributed by atoms with E-state index in [-0.39, 0.29) is 5.91 Å². The van der Waals surface area contributed by atoms with Crippen molar-refractivity contribution in [3.8, 4) is 0 Å². The molecule has 3 nitrogen and oxygen atoms in total. The number of thioether (sulfide) groups is 1. The molecule has 1 fully saturated rings. The fourth-order valence-electron chi connectivity index (χ4n) is 2.07. The number of nitrogens with zero attached hydrogens (tertiary/aromatic N) is 1. The fraction of sp³-hybridized carbons (Fsp3) is 0.500. The minimum atomic E-state index is 0.246. The standard InChI is InChI=1S/C14H19ClN2OS/c15-13-4-1-3-12(9-13)10-19-11-14(18)17-7-2-5-16-6-8-17/h1,3-4,9,16H,2,5-8,10-11H2. The van der Waals surface area contributed by atoms with E-state index in [1.54, 1.807) is 11.8 Å². The molecule has 1 aromatic rings. The third-order valence-electron chi connectivity index (χ3n) is 3.08. The average molecular weight is 299 g/mol. The fourth-order valence-corrected chi connectivity index (χ4v) is 3.16. The number of amides is 1. The smallest absolute Gasteiger partial charge is 0.232 e. The molecule has 1 heterocycles. The second kappa shape index (κ2) is 7.78. The summed E-state index contributed by atoms with van der Waals surface area (Å²) in [4.78, 5) is 14.0. The molecular weight excluding hydrogens is 280 g/mol. The molecule has 1 amide bonds. The molecule has 0 bridgehead atoms. The second-order valence-electron chi connectivity index (χ2n) is 4.61. The molecule has 19 heavy (non-hydrogen) atoms. The predicted molar refractivity (Wildman–Crippen MR) is 81.7 cm³/mol. The zero-order chi connectivity index (χ0) is 13.5. The molecule has 1 aliphatic heterocycles. The minimum absolute atomic E-state index is 0.246. The number of halogens is 1. The summed E-state index contributed by atoms with van der Waals surface area (Å²) >= 11 is 7.59. The summed E-state index contributed by atoms with van der Waals surface area (Å²) in [7, 11) is 0. The summed E-state index contributed by atoms with van der Waals surface area (Å²) in [6.07, 6.45) is 1.05. The lowest BCUT2D eigenvalue weighted by atomic mass is 10.2. The van der Waals surface area contributed by atoms with Crippen LogP contribution in [0.15, 0.2) is 24.3 Å². The van der Waals surface area contributed by atoms with E-state index in [1.165, 1.54) is 5.56 Å². The van der Waals surface area contributed by atoms with Crippen LogP contribution in [0.1, 0.15) is 12.0 Å². The molecule has 1 N–H and O–H groups in total. The number of carbonyl (C=O) groups is 1. The third-order valence-corrected chi connectivity index (χ3v) is 4.30. The van der Waals surface area contributed by atoms with Crippen LogP contribution in [0.3, 0.4) is 0 Å². The normalized spacial score (nSPS) is 16.2. The molecule has 0 aliphatic carbocycles. The van der Waals surface area contributed by atoms with E-state index in [4.69, 9.17) is 11.6 Å². The van der Waals surface area contributed by atoms with Gasteiger partial charge in [0.15, 0.2) is 0 Å². The Labute approximate surface area is 123 Å². The molecule has 0 aromatic heterocycles. The van der Waals surface area contributed by atoms with Gasteiger partial charge in [-0.05, 0) is 30.7 Å². The Kier molecular flexibility index (Phi) is 6.01. The number of rotatable bonds is 4. The zero-order valence-corrected chi connectivity index (χ0v) is 12.5. The molecule has 0 unspecified atom stereocenters. The summed E-state index contributed by atoms with van der Waals surface area (Å²) in [5.41, 5.74) is 1.17. The Balaban J connectivity index is 1.74.